The number of nitrogens with zero attached hydrogens (tertiary/aromatic N) is 1. The van der Waals surface area contributed by atoms with E-state index in [0.717, 1.165) is 19.3 Å². The maximum Gasteiger partial charge on any atom is 0.261 e. The summed E-state index contributed by atoms with van der Waals surface area (Å²) in [6, 6.07) is -0.381. The van der Waals surface area contributed by atoms with E-state index < -0.39 is 0 Å². The van der Waals surface area contributed by atoms with Crippen molar-refractivity contribution in [3.05, 3.63) is 11.3 Å². The number of aliphatic hydroxyl groups excluding tert-OH is 1. The Morgan fingerprint density at radius 3 is 1.83 bits per heavy atom. The molecule has 1 unspecified atom stereocenters. The highest BCUT2D eigenvalue weighted by molar-refractivity contribution is 6.21. The van der Waals surface area contributed by atoms with Crippen LogP contribution in [0.3, 0.4) is 0 Å². The van der Waals surface area contributed by atoms with Gasteiger partial charge in [0.1, 0.15) is 11.3 Å². The number of amides is 1. The summed E-state index contributed by atoms with van der Waals surface area (Å²) in [4.78, 5) is 25.5. The van der Waals surface area contributed by atoms with E-state index in [9.17, 15) is 14.7 Å². The largest absolute Gasteiger partial charge is 0.509 e. The standard InChI is InChI=1S/C20H35NO3/c1-4-5-6-7-8-9-10-11-12-13-14-15-17(22)18-19(23)16(2)21(3)20(18)24/h16,23H,4-15H2,1-3H3. The normalized spacial score (nSPS) is 17.9. The minimum Gasteiger partial charge on any atom is -0.509 e. The number of ketones is 1. The van der Waals surface area contributed by atoms with E-state index in [1.807, 2.05) is 0 Å². The van der Waals surface area contributed by atoms with Gasteiger partial charge in [0.2, 0.25) is 0 Å². The van der Waals surface area contributed by atoms with Crippen LogP contribution in [0.4, 0.5) is 0 Å². The molecule has 0 bridgehead atoms. The van der Waals surface area contributed by atoms with Crippen LogP contribution in [0.15, 0.2) is 11.3 Å². The zero-order chi connectivity index (χ0) is 17.9. The van der Waals surface area contributed by atoms with E-state index in [-0.39, 0.29) is 29.1 Å². The third kappa shape index (κ3) is 6.29. The van der Waals surface area contributed by atoms with Gasteiger partial charge in [-0.05, 0) is 13.3 Å². The average molecular weight is 338 g/mol. The molecule has 1 atom stereocenters. The lowest BCUT2D eigenvalue weighted by molar-refractivity contribution is -0.128. The van der Waals surface area contributed by atoms with Gasteiger partial charge in [-0.3, -0.25) is 9.59 Å². The molecule has 4 heteroatoms. The quantitative estimate of drug-likeness (QED) is 0.383. The third-order valence-electron chi connectivity index (χ3n) is 5.05. The Morgan fingerprint density at radius 1 is 0.958 bits per heavy atom. The number of aliphatic hydroxyl groups is 1. The van der Waals surface area contributed by atoms with Crippen molar-refractivity contribution in [1.29, 1.82) is 0 Å². The van der Waals surface area contributed by atoms with Crippen molar-refractivity contribution in [2.24, 2.45) is 0 Å². The Labute approximate surface area is 147 Å². The Kier molecular flexibility index (Phi) is 9.73. The second-order valence-electron chi connectivity index (χ2n) is 7.06. The topological polar surface area (TPSA) is 57.6 Å². The molecule has 24 heavy (non-hydrogen) atoms. The molecule has 1 heterocycles. The smallest absolute Gasteiger partial charge is 0.261 e. The maximum absolute atomic E-state index is 12.2. The summed E-state index contributed by atoms with van der Waals surface area (Å²) in [6.45, 7) is 3.97. The van der Waals surface area contributed by atoms with Crippen molar-refractivity contribution in [1.82, 2.24) is 4.90 Å². The summed E-state index contributed by atoms with van der Waals surface area (Å²) in [6.07, 6.45) is 13.9. The summed E-state index contributed by atoms with van der Waals surface area (Å²) < 4.78 is 0. The second kappa shape index (κ2) is 11.3. The molecule has 1 rings (SSSR count). The molecule has 0 aliphatic carbocycles. The average Bonchev–Trinajstić information content (AvgIpc) is 2.76. The van der Waals surface area contributed by atoms with Crippen LogP contribution in [0.2, 0.25) is 0 Å². The number of Topliss-reactive ketones (excluding diaryl/α,β-unsaturated/α-hetero) is 1. The fourth-order valence-electron chi connectivity index (χ4n) is 3.19. The number of rotatable bonds is 13. The van der Waals surface area contributed by atoms with E-state index in [0.29, 0.717) is 6.42 Å². The van der Waals surface area contributed by atoms with E-state index in [4.69, 9.17) is 0 Å². The van der Waals surface area contributed by atoms with Gasteiger partial charge in [0, 0.05) is 13.5 Å². The highest BCUT2D eigenvalue weighted by Crippen LogP contribution is 2.24. The molecule has 1 amide bonds. The summed E-state index contributed by atoms with van der Waals surface area (Å²) in [7, 11) is 1.62. The number of hydrogen-bond donors (Lipinski definition) is 1. The SMILES string of the molecule is CCCCCCCCCCCCCC(=O)C1=C(O)C(C)N(C)C1=O. The molecule has 0 spiro atoms. The van der Waals surface area contributed by atoms with Gasteiger partial charge in [-0.15, -0.1) is 0 Å². The molecule has 0 aromatic heterocycles. The number of carbonyl (C=O) groups is 2. The number of hydrogen-bond acceptors (Lipinski definition) is 3. The number of carbonyl (C=O) groups excluding carboxylic acids is 2. The molecule has 1 aliphatic rings. The summed E-state index contributed by atoms with van der Waals surface area (Å²) in [5.74, 6) is -0.603. The van der Waals surface area contributed by atoms with Crippen molar-refractivity contribution in [2.75, 3.05) is 7.05 Å². The molecule has 0 saturated carbocycles. The predicted molar refractivity (Wildman–Crippen MR) is 98.0 cm³/mol. The first kappa shape index (κ1) is 20.7. The van der Waals surface area contributed by atoms with Gasteiger partial charge in [-0.25, -0.2) is 0 Å². The van der Waals surface area contributed by atoms with Crippen LogP contribution in [0.5, 0.6) is 0 Å². The minimum absolute atomic E-state index is 0.0112. The predicted octanol–water partition coefficient (Wildman–Crippen LogP) is 4.93. The molecule has 1 N–H and O–H groups in total. The third-order valence-corrected chi connectivity index (χ3v) is 5.05. The van der Waals surface area contributed by atoms with Crippen molar-refractivity contribution in [3.8, 4) is 0 Å². The zero-order valence-electron chi connectivity index (χ0n) is 15.8. The monoisotopic (exact) mass is 337 g/mol. The van der Waals surface area contributed by atoms with Crippen molar-refractivity contribution in [2.45, 2.75) is 96.9 Å². The first-order chi connectivity index (χ1) is 11.5. The van der Waals surface area contributed by atoms with E-state index in [1.165, 1.54) is 56.3 Å². The minimum atomic E-state index is -0.381. The summed E-state index contributed by atoms with van der Waals surface area (Å²) in [5.41, 5.74) is 0.0112. The Bertz CT molecular complexity index is 442. The highest BCUT2D eigenvalue weighted by atomic mass is 16.3. The Hall–Kier alpha value is -1.32. The highest BCUT2D eigenvalue weighted by Gasteiger charge is 2.37. The van der Waals surface area contributed by atoms with Crippen LogP contribution >= 0.6 is 0 Å². The van der Waals surface area contributed by atoms with Gasteiger partial charge in [0.05, 0.1) is 6.04 Å². The molecular weight excluding hydrogens is 302 g/mol. The summed E-state index contributed by atoms with van der Waals surface area (Å²) >= 11 is 0. The number of likely N-dealkylation sites (N-methyl/N-ethyl adjacent to an activating group) is 1. The van der Waals surface area contributed by atoms with Crippen molar-refractivity contribution < 1.29 is 14.7 Å². The van der Waals surface area contributed by atoms with Gasteiger partial charge in [-0.2, -0.15) is 0 Å². The molecular formula is C20H35NO3. The van der Waals surface area contributed by atoms with Gasteiger partial charge < -0.3 is 10.0 Å². The lowest BCUT2D eigenvalue weighted by Crippen LogP contribution is -2.30. The zero-order valence-corrected chi connectivity index (χ0v) is 15.8. The van der Waals surface area contributed by atoms with E-state index >= 15 is 0 Å². The van der Waals surface area contributed by atoms with E-state index in [2.05, 4.69) is 6.92 Å². The molecule has 0 saturated heterocycles. The molecule has 138 valence electrons. The van der Waals surface area contributed by atoms with Gasteiger partial charge in [-0.1, -0.05) is 71.1 Å². The first-order valence-corrected chi connectivity index (χ1v) is 9.74. The fourth-order valence-corrected chi connectivity index (χ4v) is 3.19. The molecule has 1 aliphatic heterocycles. The lowest BCUT2D eigenvalue weighted by Gasteiger charge is -2.14. The van der Waals surface area contributed by atoms with Crippen molar-refractivity contribution in [3.63, 3.8) is 0 Å². The van der Waals surface area contributed by atoms with E-state index in [1.54, 1.807) is 14.0 Å². The van der Waals surface area contributed by atoms with Crippen LogP contribution in [-0.4, -0.2) is 34.8 Å². The number of unbranched alkanes of at least 4 members (excludes halogenated alkanes) is 10. The van der Waals surface area contributed by atoms with Gasteiger partial charge in [0.15, 0.2) is 5.78 Å². The fraction of sp³-hybridized carbons (Fsp3) is 0.800. The second-order valence-corrected chi connectivity index (χ2v) is 7.06. The van der Waals surface area contributed by atoms with Crippen LogP contribution in [0, 0.1) is 0 Å². The first-order valence-electron chi connectivity index (χ1n) is 9.74. The molecule has 0 fully saturated rings. The van der Waals surface area contributed by atoms with Crippen LogP contribution in [0.1, 0.15) is 90.9 Å². The maximum atomic E-state index is 12.2. The molecule has 4 nitrogen and oxygen atoms in total. The Balaban J connectivity index is 2.07. The lowest BCUT2D eigenvalue weighted by atomic mass is 10.0. The van der Waals surface area contributed by atoms with Gasteiger partial charge in [0.25, 0.3) is 5.91 Å². The van der Waals surface area contributed by atoms with Gasteiger partial charge >= 0.3 is 0 Å². The molecule has 0 aromatic carbocycles. The Morgan fingerprint density at radius 2 is 1.42 bits per heavy atom. The van der Waals surface area contributed by atoms with Crippen LogP contribution in [0.25, 0.3) is 0 Å². The van der Waals surface area contributed by atoms with Crippen LogP contribution in [-0.2, 0) is 9.59 Å². The summed E-state index contributed by atoms with van der Waals surface area (Å²) in [5, 5.41) is 9.94. The van der Waals surface area contributed by atoms with Crippen LogP contribution < -0.4 is 0 Å². The molecule has 0 aromatic rings. The molecule has 0 radical (unpaired) electrons. The van der Waals surface area contributed by atoms with Crippen molar-refractivity contribution >= 4 is 11.7 Å².